The molecule has 0 aromatic rings. The summed E-state index contributed by atoms with van der Waals surface area (Å²) in [5, 5.41) is 0. The third kappa shape index (κ3) is 2.08. The van der Waals surface area contributed by atoms with Gasteiger partial charge in [0.25, 0.3) is 0 Å². The lowest BCUT2D eigenvalue weighted by molar-refractivity contribution is -0.174. The van der Waals surface area contributed by atoms with Crippen molar-refractivity contribution in [2.75, 3.05) is 14.2 Å². The van der Waals surface area contributed by atoms with Gasteiger partial charge in [-0.25, -0.2) is 0 Å². The number of ether oxygens (including phenoxy) is 4. The van der Waals surface area contributed by atoms with Crippen LogP contribution in [0.1, 0.15) is 25.7 Å². The largest absolute Gasteiger partial charge is 0.356 e. The Morgan fingerprint density at radius 3 is 1.50 bits per heavy atom. The first-order chi connectivity index (χ1) is 6.83. The first-order valence-corrected chi connectivity index (χ1v) is 5.20. The minimum atomic E-state index is -0.0369. The zero-order valence-corrected chi connectivity index (χ0v) is 8.77. The first kappa shape index (κ1) is 10.4. The molecule has 2 rings (SSSR count). The number of hydrogen-bond acceptors (Lipinski definition) is 4. The van der Waals surface area contributed by atoms with Crippen molar-refractivity contribution >= 4 is 0 Å². The van der Waals surface area contributed by atoms with Crippen LogP contribution in [-0.2, 0) is 18.9 Å². The highest BCUT2D eigenvalue weighted by Crippen LogP contribution is 2.31. The Hall–Kier alpha value is -0.160. The molecule has 0 aliphatic carbocycles. The third-order valence-corrected chi connectivity index (χ3v) is 2.97. The van der Waals surface area contributed by atoms with Gasteiger partial charge in [-0.2, -0.15) is 0 Å². The second kappa shape index (κ2) is 4.57. The molecule has 2 aliphatic rings. The summed E-state index contributed by atoms with van der Waals surface area (Å²) in [7, 11) is 3.36. The quantitative estimate of drug-likeness (QED) is 0.691. The lowest BCUT2D eigenvalue weighted by Gasteiger charge is -2.19. The number of hydrogen-bond donors (Lipinski definition) is 0. The number of rotatable bonds is 3. The molecule has 0 N–H and O–H groups in total. The highest BCUT2D eigenvalue weighted by molar-refractivity contribution is 4.81. The van der Waals surface area contributed by atoms with Gasteiger partial charge in [0.05, 0.1) is 12.2 Å². The lowest BCUT2D eigenvalue weighted by atomic mass is 10.1. The van der Waals surface area contributed by atoms with Crippen molar-refractivity contribution in [3.63, 3.8) is 0 Å². The molecular formula is C10H18O4. The summed E-state index contributed by atoms with van der Waals surface area (Å²) in [5.41, 5.74) is 0. The molecule has 2 heterocycles. The van der Waals surface area contributed by atoms with Crippen molar-refractivity contribution in [1.29, 1.82) is 0 Å². The Morgan fingerprint density at radius 2 is 1.21 bits per heavy atom. The van der Waals surface area contributed by atoms with E-state index in [-0.39, 0.29) is 24.8 Å². The minimum absolute atomic E-state index is 0.0369. The topological polar surface area (TPSA) is 36.9 Å². The predicted octanol–water partition coefficient (Wildman–Crippen LogP) is 1.29. The van der Waals surface area contributed by atoms with Gasteiger partial charge in [0, 0.05) is 27.1 Å². The van der Waals surface area contributed by atoms with Gasteiger partial charge >= 0.3 is 0 Å². The average molecular weight is 202 g/mol. The lowest BCUT2D eigenvalue weighted by Crippen LogP contribution is -2.27. The molecule has 0 aromatic heterocycles. The summed E-state index contributed by atoms with van der Waals surface area (Å²) in [6, 6.07) is 0. The van der Waals surface area contributed by atoms with Gasteiger partial charge in [0.15, 0.2) is 12.6 Å². The Labute approximate surface area is 84.5 Å². The molecule has 0 aromatic carbocycles. The van der Waals surface area contributed by atoms with Crippen LogP contribution < -0.4 is 0 Å². The summed E-state index contributed by atoms with van der Waals surface area (Å²) in [4.78, 5) is 0. The molecule has 2 aliphatic heterocycles. The summed E-state index contributed by atoms with van der Waals surface area (Å²) < 4.78 is 21.7. The third-order valence-electron chi connectivity index (χ3n) is 2.97. The highest BCUT2D eigenvalue weighted by atomic mass is 16.7. The maximum absolute atomic E-state index is 5.68. The molecule has 2 saturated heterocycles. The molecule has 0 bridgehead atoms. The van der Waals surface area contributed by atoms with Gasteiger partial charge in [0.2, 0.25) is 0 Å². The van der Waals surface area contributed by atoms with Crippen molar-refractivity contribution in [1.82, 2.24) is 0 Å². The van der Waals surface area contributed by atoms with Crippen LogP contribution in [0.25, 0.3) is 0 Å². The average Bonchev–Trinajstić information content (AvgIpc) is 2.86. The van der Waals surface area contributed by atoms with E-state index in [9.17, 15) is 0 Å². The van der Waals surface area contributed by atoms with Crippen molar-refractivity contribution in [3.8, 4) is 0 Å². The van der Waals surface area contributed by atoms with Gasteiger partial charge in [-0.3, -0.25) is 0 Å². The number of methoxy groups -OCH3 is 2. The maximum atomic E-state index is 5.68. The van der Waals surface area contributed by atoms with E-state index in [1.165, 1.54) is 0 Å². The molecule has 2 unspecified atom stereocenters. The second-order valence-corrected chi connectivity index (χ2v) is 3.83. The zero-order valence-electron chi connectivity index (χ0n) is 8.77. The van der Waals surface area contributed by atoms with Crippen LogP contribution in [0.2, 0.25) is 0 Å². The van der Waals surface area contributed by atoms with E-state index in [2.05, 4.69) is 0 Å². The van der Waals surface area contributed by atoms with E-state index in [1.54, 1.807) is 14.2 Å². The Morgan fingerprint density at radius 1 is 0.786 bits per heavy atom. The van der Waals surface area contributed by atoms with E-state index in [4.69, 9.17) is 18.9 Å². The summed E-state index contributed by atoms with van der Waals surface area (Å²) in [5.74, 6) is 0. The molecular weight excluding hydrogens is 184 g/mol. The van der Waals surface area contributed by atoms with Crippen LogP contribution in [0.15, 0.2) is 0 Å². The molecule has 0 saturated carbocycles. The Balaban J connectivity index is 1.80. The Bertz CT molecular complexity index is 165. The van der Waals surface area contributed by atoms with Gasteiger partial charge in [-0.15, -0.1) is 0 Å². The van der Waals surface area contributed by atoms with Crippen molar-refractivity contribution in [2.45, 2.75) is 50.5 Å². The minimum Gasteiger partial charge on any atom is -0.356 e. The fraction of sp³-hybridized carbons (Fsp3) is 1.00. The van der Waals surface area contributed by atoms with E-state index in [0.717, 1.165) is 25.7 Å². The summed E-state index contributed by atoms with van der Waals surface area (Å²) in [6.45, 7) is 0. The normalized spacial score (nSPS) is 43.3. The molecule has 14 heavy (non-hydrogen) atoms. The smallest absolute Gasteiger partial charge is 0.157 e. The zero-order chi connectivity index (χ0) is 9.97. The Kier molecular flexibility index (Phi) is 3.38. The van der Waals surface area contributed by atoms with Crippen LogP contribution in [0.3, 0.4) is 0 Å². The molecule has 82 valence electrons. The van der Waals surface area contributed by atoms with E-state index in [0.29, 0.717) is 0 Å². The maximum Gasteiger partial charge on any atom is 0.157 e. The van der Waals surface area contributed by atoms with E-state index in [1.807, 2.05) is 0 Å². The monoisotopic (exact) mass is 202 g/mol. The van der Waals surface area contributed by atoms with E-state index >= 15 is 0 Å². The van der Waals surface area contributed by atoms with Gasteiger partial charge in [-0.05, 0) is 12.8 Å². The molecule has 0 spiro atoms. The molecule has 0 amide bonds. The van der Waals surface area contributed by atoms with Gasteiger partial charge in [0.1, 0.15) is 0 Å². The standard InChI is InChI=1S/C10H18O4/c1-11-9-5-3-7(13-9)8-4-6-10(12-2)14-8/h7-10H,3-6H2,1-2H3/t7-,8-,9?,10?/m1/s1. The molecule has 0 radical (unpaired) electrons. The van der Waals surface area contributed by atoms with Crippen molar-refractivity contribution < 1.29 is 18.9 Å². The van der Waals surface area contributed by atoms with Crippen LogP contribution in [-0.4, -0.2) is 39.0 Å². The van der Waals surface area contributed by atoms with Gasteiger partial charge in [-0.1, -0.05) is 0 Å². The van der Waals surface area contributed by atoms with Crippen LogP contribution in [0.5, 0.6) is 0 Å². The first-order valence-electron chi connectivity index (χ1n) is 5.20. The van der Waals surface area contributed by atoms with E-state index < -0.39 is 0 Å². The summed E-state index contributed by atoms with van der Waals surface area (Å²) >= 11 is 0. The second-order valence-electron chi connectivity index (χ2n) is 3.83. The molecule has 4 nitrogen and oxygen atoms in total. The summed E-state index contributed by atoms with van der Waals surface area (Å²) in [6.07, 6.45) is 4.31. The van der Waals surface area contributed by atoms with Crippen molar-refractivity contribution in [2.24, 2.45) is 0 Å². The van der Waals surface area contributed by atoms with Crippen molar-refractivity contribution in [3.05, 3.63) is 0 Å². The molecule has 4 heteroatoms. The van der Waals surface area contributed by atoms with Gasteiger partial charge < -0.3 is 18.9 Å². The molecule has 2 fully saturated rings. The highest BCUT2D eigenvalue weighted by Gasteiger charge is 2.37. The predicted molar refractivity (Wildman–Crippen MR) is 49.8 cm³/mol. The fourth-order valence-corrected chi connectivity index (χ4v) is 2.16. The fourth-order valence-electron chi connectivity index (χ4n) is 2.16. The van der Waals surface area contributed by atoms with Crippen LogP contribution >= 0.6 is 0 Å². The van der Waals surface area contributed by atoms with Crippen LogP contribution in [0.4, 0.5) is 0 Å². The molecule has 4 atom stereocenters. The van der Waals surface area contributed by atoms with Crippen LogP contribution in [0, 0.1) is 0 Å². The SMILES string of the molecule is COC1CC[C@H]([C@H]2CCC(OC)O2)O1.